The number of Topliss-reactive ketones (excluding diaryl/α,β-unsaturated/α-hetero) is 1. The molecule has 0 aromatic heterocycles. The van der Waals surface area contributed by atoms with Gasteiger partial charge in [0.1, 0.15) is 11.3 Å². The fourth-order valence-corrected chi connectivity index (χ4v) is 2.59. The zero-order valence-corrected chi connectivity index (χ0v) is 15.8. The van der Waals surface area contributed by atoms with Crippen molar-refractivity contribution in [3.05, 3.63) is 58.1 Å². The molecule has 138 valence electrons. The molecular formula is C20H22ClNO4. The highest BCUT2D eigenvalue weighted by Gasteiger charge is 2.18. The van der Waals surface area contributed by atoms with Crippen LogP contribution in [0.3, 0.4) is 0 Å². The minimum atomic E-state index is -0.701. The highest BCUT2D eigenvalue weighted by atomic mass is 35.5. The van der Waals surface area contributed by atoms with Gasteiger partial charge >= 0.3 is 5.97 Å². The molecule has 0 radical (unpaired) electrons. The van der Waals surface area contributed by atoms with Crippen molar-refractivity contribution >= 4 is 29.0 Å². The summed E-state index contributed by atoms with van der Waals surface area (Å²) in [5.41, 5.74) is 7.76. The Balaban J connectivity index is 2.05. The Bertz CT molecular complexity index is 802. The topological polar surface area (TPSA) is 78.6 Å². The highest BCUT2D eigenvalue weighted by Crippen LogP contribution is 2.29. The van der Waals surface area contributed by atoms with Gasteiger partial charge in [-0.1, -0.05) is 49.7 Å². The minimum Gasteiger partial charge on any atom is -0.496 e. The van der Waals surface area contributed by atoms with Gasteiger partial charge in [0.05, 0.1) is 17.8 Å². The molecule has 0 aliphatic heterocycles. The number of ether oxygens (including phenoxy) is 2. The van der Waals surface area contributed by atoms with E-state index in [1.807, 2.05) is 12.1 Å². The van der Waals surface area contributed by atoms with E-state index in [0.29, 0.717) is 11.5 Å². The van der Waals surface area contributed by atoms with Crippen molar-refractivity contribution in [2.45, 2.75) is 26.2 Å². The Hall–Kier alpha value is -2.53. The number of rotatable bonds is 7. The van der Waals surface area contributed by atoms with E-state index in [0.717, 1.165) is 6.42 Å². The molecule has 0 heterocycles. The van der Waals surface area contributed by atoms with Crippen LogP contribution < -0.4 is 10.5 Å². The van der Waals surface area contributed by atoms with Crippen molar-refractivity contribution < 1.29 is 19.1 Å². The molecule has 0 spiro atoms. The number of carbonyl (C=O) groups is 2. The number of hydrogen-bond acceptors (Lipinski definition) is 5. The van der Waals surface area contributed by atoms with E-state index >= 15 is 0 Å². The van der Waals surface area contributed by atoms with Gasteiger partial charge in [0.25, 0.3) is 0 Å². The predicted octanol–water partition coefficient (Wildman–Crippen LogP) is 4.48. The summed E-state index contributed by atoms with van der Waals surface area (Å²) in [6.45, 7) is 3.87. The first-order chi connectivity index (χ1) is 12.4. The lowest BCUT2D eigenvalue weighted by Gasteiger charge is -2.11. The van der Waals surface area contributed by atoms with Crippen LogP contribution in [0.25, 0.3) is 0 Å². The first-order valence-electron chi connectivity index (χ1n) is 8.30. The number of nitrogen functional groups attached to an aromatic ring is 1. The molecule has 0 amide bonds. The van der Waals surface area contributed by atoms with Gasteiger partial charge in [-0.05, 0) is 24.0 Å². The van der Waals surface area contributed by atoms with Crippen molar-refractivity contribution in [3.8, 4) is 5.75 Å². The van der Waals surface area contributed by atoms with E-state index in [2.05, 4.69) is 13.8 Å². The van der Waals surface area contributed by atoms with Crippen LogP contribution in [0.15, 0.2) is 36.4 Å². The van der Waals surface area contributed by atoms with Crippen LogP contribution in [0.2, 0.25) is 5.02 Å². The zero-order valence-electron chi connectivity index (χ0n) is 15.0. The van der Waals surface area contributed by atoms with Crippen LogP contribution in [-0.4, -0.2) is 25.5 Å². The smallest absolute Gasteiger partial charge is 0.342 e. The number of hydrogen-bond donors (Lipinski definition) is 1. The van der Waals surface area contributed by atoms with Gasteiger partial charge in [-0.15, -0.1) is 0 Å². The number of esters is 1. The number of ketones is 1. The maximum atomic E-state index is 12.3. The van der Waals surface area contributed by atoms with Crippen LogP contribution in [0.4, 0.5) is 5.69 Å². The van der Waals surface area contributed by atoms with E-state index in [1.54, 1.807) is 12.1 Å². The molecule has 2 N–H and O–H groups in total. The maximum absolute atomic E-state index is 12.3. The normalized spacial score (nSPS) is 11.7. The molecule has 26 heavy (non-hydrogen) atoms. The van der Waals surface area contributed by atoms with Crippen LogP contribution in [0, 0.1) is 0 Å². The second-order valence-corrected chi connectivity index (χ2v) is 6.41. The molecule has 0 fully saturated rings. The van der Waals surface area contributed by atoms with Crippen molar-refractivity contribution in [2.75, 3.05) is 19.5 Å². The molecule has 0 aliphatic rings. The summed E-state index contributed by atoms with van der Waals surface area (Å²) in [7, 11) is 1.41. The lowest BCUT2D eigenvalue weighted by Crippen LogP contribution is -2.15. The fraction of sp³-hybridized carbons (Fsp3) is 0.300. The summed E-state index contributed by atoms with van der Waals surface area (Å²) in [6, 6.07) is 10.1. The Labute approximate surface area is 158 Å². The third-order valence-corrected chi connectivity index (χ3v) is 4.61. The third kappa shape index (κ3) is 4.55. The summed E-state index contributed by atoms with van der Waals surface area (Å²) in [5, 5.41) is 0.213. The number of halogens is 1. The van der Waals surface area contributed by atoms with Gasteiger partial charge in [0, 0.05) is 11.6 Å². The Kier molecular flexibility index (Phi) is 6.64. The second kappa shape index (κ2) is 8.72. The van der Waals surface area contributed by atoms with Gasteiger partial charge in [-0.25, -0.2) is 4.79 Å². The predicted molar refractivity (Wildman–Crippen MR) is 102 cm³/mol. The molecule has 0 bridgehead atoms. The van der Waals surface area contributed by atoms with Crippen molar-refractivity contribution in [1.29, 1.82) is 0 Å². The Morgan fingerprint density at radius 1 is 1.19 bits per heavy atom. The van der Waals surface area contributed by atoms with Crippen molar-refractivity contribution in [2.24, 2.45) is 0 Å². The standard InChI is InChI=1S/C20H22ClNO4/c1-4-12(2)13-5-7-14(8-6-13)18(23)11-26-20(24)15-9-16(21)17(22)10-19(15)25-3/h5-10,12H,4,11,22H2,1-3H3/t12-/m0/s1. The molecule has 2 aromatic rings. The molecular weight excluding hydrogens is 354 g/mol. The van der Waals surface area contributed by atoms with Crippen molar-refractivity contribution in [1.82, 2.24) is 0 Å². The molecule has 5 nitrogen and oxygen atoms in total. The SMILES string of the molecule is CC[C@H](C)c1ccc(C(=O)COC(=O)c2cc(Cl)c(N)cc2OC)cc1. The maximum Gasteiger partial charge on any atom is 0.342 e. The molecule has 0 saturated heterocycles. The molecule has 0 aliphatic carbocycles. The molecule has 2 aromatic carbocycles. The lowest BCUT2D eigenvalue weighted by molar-refractivity contribution is 0.0471. The van der Waals surface area contributed by atoms with Crippen LogP contribution in [0.1, 0.15) is 52.5 Å². The van der Waals surface area contributed by atoms with E-state index in [4.69, 9.17) is 26.8 Å². The van der Waals surface area contributed by atoms with E-state index in [-0.39, 0.29) is 34.4 Å². The average molecular weight is 376 g/mol. The molecule has 1 atom stereocenters. The zero-order chi connectivity index (χ0) is 19.3. The molecule has 2 rings (SSSR count). The number of carbonyl (C=O) groups excluding carboxylic acids is 2. The van der Waals surface area contributed by atoms with Crippen LogP contribution in [-0.2, 0) is 4.74 Å². The quantitative estimate of drug-likeness (QED) is 0.438. The van der Waals surface area contributed by atoms with E-state index in [9.17, 15) is 9.59 Å². The van der Waals surface area contributed by atoms with Gasteiger partial charge in [0.2, 0.25) is 0 Å². The van der Waals surface area contributed by atoms with Gasteiger partial charge in [0.15, 0.2) is 12.4 Å². The first-order valence-corrected chi connectivity index (χ1v) is 8.68. The van der Waals surface area contributed by atoms with Crippen LogP contribution in [0.5, 0.6) is 5.75 Å². The number of methoxy groups -OCH3 is 1. The first kappa shape index (κ1) is 19.8. The summed E-state index contributed by atoms with van der Waals surface area (Å²) < 4.78 is 10.2. The monoisotopic (exact) mass is 375 g/mol. The summed E-state index contributed by atoms with van der Waals surface area (Å²) in [6.07, 6.45) is 1.02. The minimum absolute atomic E-state index is 0.117. The number of nitrogens with two attached hydrogens (primary N) is 1. The Morgan fingerprint density at radius 2 is 1.85 bits per heavy atom. The summed E-state index contributed by atoms with van der Waals surface area (Å²) in [5.74, 6) is -0.315. The third-order valence-electron chi connectivity index (χ3n) is 4.29. The van der Waals surface area contributed by atoms with E-state index in [1.165, 1.54) is 24.8 Å². The molecule has 6 heteroatoms. The van der Waals surface area contributed by atoms with Gasteiger partial charge in [-0.3, -0.25) is 4.79 Å². The highest BCUT2D eigenvalue weighted by molar-refractivity contribution is 6.33. The number of benzene rings is 2. The largest absolute Gasteiger partial charge is 0.496 e. The van der Waals surface area contributed by atoms with Gasteiger partial charge in [-0.2, -0.15) is 0 Å². The van der Waals surface area contributed by atoms with Gasteiger partial charge < -0.3 is 15.2 Å². The Morgan fingerprint density at radius 3 is 2.42 bits per heavy atom. The van der Waals surface area contributed by atoms with Crippen LogP contribution >= 0.6 is 11.6 Å². The molecule has 0 unspecified atom stereocenters. The van der Waals surface area contributed by atoms with E-state index < -0.39 is 5.97 Å². The second-order valence-electron chi connectivity index (χ2n) is 6.00. The number of anilines is 1. The lowest BCUT2D eigenvalue weighted by atomic mass is 9.97. The summed E-state index contributed by atoms with van der Waals surface area (Å²) in [4.78, 5) is 24.5. The molecule has 0 saturated carbocycles. The average Bonchev–Trinajstić information content (AvgIpc) is 2.66. The summed E-state index contributed by atoms with van der Waals surface area (Å²) >= 11 is 5.94. The van der Waals surface area contributed by atoms with Crippen molar-refractivity contribution in [3.63, 3.8) is 0 Å². The fourth-order valence-electron chi connectivity index (χ4n) is 2.42.